The molecule has 2 heteroatoms. The molecule has 0 spiro atoms. The van der Waals surface area contributed by atoms with Crippen molar-refractivity contribution in [2.45, 2.75) is 57.2 Å². The SMILES string of the molecule is CC1CCCCC1N(C)C1CC(N)c2ccccc21. The number of hydrogen-bond donors (Lipinski definition) is 1. The van der Waals surface area contributed by atoms with Crippen LogP contribution >= 0.6 is 0 Å². The zero-order valence-corrected chi connectivity index (χ0v) is 12.2. The molecule has 0 heterocycles. The molecule has 2 nitrogen and oxygen atoms in total. The van der Waals surface area contributed by atoms with Crippen molar-refractivity contribution in [2.75, 3.05) is 7.05 Å². The van der Waals surface area contributed by atoms with Crippen LogP contribution in [0.1, 0.15) is 62.2 Å². The number of nitrogens with two attached hydrogens (primary N) is 1. The number of nitrogens with zero attached hydrogens (tertiary/aromatic N) is 1. The van der Waals surface area contributed by atoms with E-state index in [9.17, 15) is 0 Å². The van der Waals surface area contributed by atoms with Crippen LogP contribution < -0.4 is 5.73 Å². The second kappa shape index (κ2) is 5.26. The molecule has 104 valence electrons. The molecule has 4 unspecified atom stereocenters. The number of hydrogen-bond acceptors (Lipinski definition) is 2. The van der Waals surface area contributed by atoms with Crippen LogP contribution in [-0.4, -0.2) is 18.0 Å². The first-order valence-corrected chi connectivity index (χ1v) is 7.75. The van der Waals surface area contributed by atoms with Gasteiger partial charge in [-0.25, -0.2) is 0 Å². The quantitative estimate of drug-likeness (QED) is 0.877. The maximum absolute atomic E-state index is 6.31. The summed E-state index contributed by atoms with van der Waals surface area (Å²) in [6, 6.07) is 10.2. The highest BCUT2D eigenvalue weighted by atomic mass is 15.2. The maximum atomic E-state index is 6.31. The fourth-order valence-electron chi connectivity index (χ4n) is 4.17. The first-order valence-electron chi connectivity index (χ1n) is 7.75. The molecule has 0 aliphatic heterocycles. The second-order valence-electron chi connectivity index (χ2n) is 6.48. The van der Waals surface area contributed by atoms with E-state index in [4.69, 9.17) is 5.73 Å². The van der Waals surface area contributed by atoms with Crippen LogP contribution in [0.3, 0.4) is 0 Å². The molecule has 2 N–H and O–H groups in total. The van der Waals surface area contributed by atoms with Gasteiger partial charge in [-0.05, 0) is 43.4 Å². The molecule has 2 aliphatic rings. The fraction of sp³-hybridized carbons (Fsp3) is 0.647. The van der Waals surface area contributed by atoms with E-state index in [-0.39, 0.29) is 6.04 Å². The average molecular weight is 258 g/mol. The molecule has 4 atom stereocenters. The van der Waals surface area contributed by atoms with Crippen molar-refractivity contribution in [2.24, 2.45) is 11.7 Å². The molecular formula is C17H26N2. The lowest BCUT2D eigenvalue weighted by atomic mass is 9.84. The Morgan fingerprint density at radius 3 is 2.53 bits per heavy atom. The van der Waals surface area contributed by atoms with Gasteiger partial charge >= 0.3 is 0 Å². The Morgan fingerprint density at radius 1 is 1.11 bits per heavy atom. The van der Waals surface area contributed by atoms with Crippen molar-refractivity contribution >= 4 is 0 Å². The summed E-state index contributed by atoms with van der Waals surface area (Å²) in [5.41, 5.74) is 9.14. The van der Waals surface area contributed by atoms with Crippen LogP contribution in [0.4, 0.5) is 0 Å². The van der Waals surface area contributed by atoms with Crippen LogP contribution in [0, 0.1) is 5.92 Å². The van der Waals surface area contributed by atoms with E-state index in [0.29, 0.717) is 6.04 Å². The lowest BCUT2D eigenvalue weighted by molar-refractivity contribution is 0.0942. The number of fused-ring (bicyclic) bond motifs is 1. The minimum Gasteiger partial charge on any atom is -0.324 e. The van der Waals surface area contributed by atoms with Crippen LogP contribution in [0.25, 0.3) is 0 Å². The lowest BCUT2D eigenvalue weighted by Gasteiger charge is -2.40. The summed E-state index contributed by atoms with van der Waals surface area (Å²) in [6.07, 6.45) is 6.62. The Kier molecular flexibility index (Phi) is 3.64. The van der Waals surface area contributed by atoms with Crippen molar-refractivity contribution < 1.29 is 0 Å². The topological polar surface area (TPSA) is 29.3 Å². The molecule has 0 saturated heterocycles. The molecule has 1 aromatic rings. The van der Waals surface area contributed by atoms with Crippen LogP contribution in [-0.2, 0) is 0 Å². The fourth-order valence-corrected chi connectivity index (χ4v) is 4.17. The van der Waals surface area contributed by atoms with Gasteiger partial charge in [-0.3, -0.25) is 4.90 Å². The minimum absolute atomic E-state index is 0.225. The van der Waals surface area contributed by atoms with E-state index in [2.05, 4.69) is 43.1 Å². The predicted molar refractivity (Wildman–Crippen MR) is 79.9 cm³/mol. The largest absolute Gasteiger partial charge is 0.324 e. The molecule has 1 aromatic carbocycles. The van der Waals surface area contributed by atoms with Crippen molar-refractivity contribution in [3.8, 4) is 0 Å². The molecule has 0 aromatic heterocycles. The highest BCUT2D eigenvalue weighted by Crippen LogP contribution is 2.43. The molecule has 2 aliphatic carbocycles. The third-order valence-corrected chi connectivity index (χ3v) is 5.31. The monoisotopic (exact) mass is 258 g/mol. The van der Waals surface area contributed by atoms with Gasteiger partial charge in [0, 0.05) is 18.1 Å². The maximum Gasteiger partial charge on any atom is 0.0369 e. The summed E-state index contributed by atoms with van der Waals surface area (Å²) in [5.74, 6) is 0.822. The summed E-state index contributed by atoms with van der Waals surface area (Å²) >= 11 is 0. The van der Waals surface area contributed by atoms with Crippen LogP contribution in [0.15, 0.2) is 24.3 Å². The Bertz CT molecular complexity index is 443. The molecule has 0 bridgehead atoms. The summed E-state index contributed by atoms with van der Waals surface area (Å²) in [6.45, 7) is 2.42. The van der Waals surface area contributed by atoms with E-state index in [1.54, 1.807) is 0 Å². The molecule has 1 saturated carbocycles. The van der Waals surface area contributed by atoms with Gasteiger partial charge in [-0.2, -0.15) is 0 Å². The molecule has 0 radical (unpaired) electrons. The third kappa shape index (κ3) is 2.32. The molecule has 1 fully saturated rings. The first kappa shape index (κ1) is 13.1. The molecular weight excluding hydrogens is 232 g/mol. The normalized spacial score (nSPS) is 34.5. The Labute approximate surface area is 117 Å². The van der Waals surface area contributed by atoms with Gasteiger partial charge in [0.25, 0.3) is 0 Å². The van der Waals surface area contributed by atoms with Gasteiger partial charge in [-0.1, -0.05) is 44.0 Å². The molecule has 3 rings (SSSR count). The number of benzene rings is 1. The Balaban J connectivity index is 1.83. The van der Waals surface area contributed by atoms with Crippen molar-refractivity contribution in [3.63, 3.8) is 0 Å². The summed E-state index contributed by atoms with van der Waals surface area (Å²) in [5, 5.41) is 0. The first-order chi connectivity index (χ1) is 9.18. The van der Waals surface area contributed by atoms with E-state index >= 15 is 0 Å². The van der Waals surface area contributed by atoms with Crippen molar-refractivity contribution in [1.82, 2.24) is 4.90 Å². The predicted octanol–water partition coefficient (Wildman–Crippen LogP) is 3.64. The van der Waals surface area contributed by atoms with Crippen LogP contribution in [0.2, 0.25) is 0 Å². The van der Waals surface area contributed by atoms with Gasteiger partial charge in [0.2, 0.25) is 0 Å². The third-order valence-electron chi connectivity index (χ3n) is 5.31. The smallest absolute Gasteiger partial charge is 0.0369 e. The van der Waals surface area contributed by atoms with E-state index in [1.165, 1.54) is 36.8 Å². The van der Waals surface area contributed by atoms with E-state index in [1.807, 2.05) is 0 Å². The van der Waals surface area contributed by atoms with Gasteiger partial charge in [0.1, 0.15) is 0 Å². The highest BCUT2D eigenvalue weighted by molar-refractivity contribution is 5.37. The standard InChI is InChI=1S/C17H26N2/c1-12-7-3-6-10-16(12)19(2)17-11-15(18)13-8-4-5-9-14(13)17/h4-5,8-9,12,15-17H,3,6-7,10-11,18H2,1-2H3. The number of rotatable bonds is 2. The molecule has 19 heavy (non-hydrogen) atoms. The van der Waals surface area contributed by atoms with Gasteiger partial charge in [0.05, 0.1) is 0 Å². The zero-order chi connectivity index (χ0) is 13.4. The Morgan fingerprint density at radius 2 is 1.79 bits per heavy atom. The summed E-state index contributed by atoms with van der Waals surface area (Å²) in [4.78, 5) is 2.62. The minimum atomic E-state index is 0.225. The molecule has 0 amide bonds. The highest BCUT2D eigenvalue weighted by Gasteiger charge is 2.35. The summed E-state index contributed by atoms with van der Waals surface area (Å²) in [7, 11) is 2.31. The van der Waals surface area contributed by atoms with Crippen molar-refractivity contribution in [3.05, 3.63) is 35.4 Å². The van der Waals surface area contributed by atoms with Crippen molar-refractivity contribution in [1.29, 1.82) is 0 Å². The Hall–Kier alpha value is -0.860. The lowest BCUT2D eigenvalue weighted by Crippen LogP contribution is -2.40. The van der Waals surface area contributed by atoms with E-state index < -0.39 is 0 Å². The van der Waals surface area contributed by atoms with Gasteiger partial charge < -0.3 is 5.73 Å². The zero-order valence-electron chi connectivity index (χ0n) is 12.2. The van der Waals surface area contributed by atoms with Crippen LogP contribution in [0.5, 0.6) is 0 Å². The average Bonchev–Trinajstić information content (AvgIpc) is 2.77. The summed E-state index contributed by atoms with van der Waals surface area (Å²) < 4.78 is 0. The second-order valence-corrected chi connectivity index (χ2v) is 6.48. The van der Waals surface area contributed by atoms with Gasteiger partial charge in [-0.15, -0.1) is 0 Å². The van der Waals surface area contributed by atoms with Gasteiger partial charge in [0.15, 0.2) is 0 Å². The van der Waals surface area contributed by atoms with E-state index in [0.717, 1.165) is 18.4 Å².